The van der Waals surface area contributed by atoms with Crippen molar-refractivity contribution in [3.63, 3.8) is 0 Å². The molecule has 0 saturated carbocycles. The highest BCUT2D eigenvalue weighted by atomic mass is 32.2. The number of benzene rings is 1. The number of nitrogens with zero attached hydrogens (tertiary/aromatic N) is 2. The summed E-state index contributed by atoms with van der Waals surface area (Å²) in [7, 11) is 0. The van der Waals surface area contributed by atoms with Gasteiger partial charge in [-0.1, -0.05) is 6.07 Å². The van der Waals surface area contributed by atoms with Crippen LogP contribution in [0.4, 0.5) is 8.78 Å². The number of likely N-dealkylation sites (tertiary alicyclic amines) is 1. The van der Waals surface area contributed by atoms with Gasteiger partial charge >= 0.3 is 0 Å². The molecule has 2 aliphatic heterocycles. The molecule has 26 heavy (non-hydrogen) atoms. The molecule has 0 aliphatic carbocycles. The van der Waals surface area contributed by atoms with Crippen molar-refractivity contribution >= 4 is 17.7 Å². The van der Waals surface area contributed by atoms with Crippen LogP contribution >= 0.6 is 11.8 Å². The monoisotopic (exact) mass is 376 g/mol. The van der Waals surface area contributed by atoms with Gasteiger partial charge in [0.1, 0.15) is 11.6 Å². The highest BCUT2D eigenvalue weighted by Crippen LogP contribution is 2.46. The second-order valence-electron chi connectivity index (χ2n) is 6.77. The molecule has 2 fully saturated rings. The number of amides is 1. The molecule has 1 unspecified atom stereocenters. The molecular formula is C19H18F2N2O2S. The second-order valence-corrected chi connectivity index (χ2v) is 8.26. The molecule has 4 nitrogen and oxygen atoms in total. The first-order valence-corrected chi connectivity index (χ1v) is 9.42. The first-order valence-electron chi connectivity index (χ1n) is 8.44. The Kier molecular flexibility index (Phi) is 4.67. The lowest BCUT2D eigenvalue weighted by Gasteiger charge is -2.47. The van der Waals surface area contributed by atoms with Crippen LogP contribution in [-0.4, -0.2) is 45.5 Å². The van der Waals surface area contributed by atoms with E-state index >= 15 is 0 Å². The molecule has 1 amide bonds. The summed E-state index contributed by atoms with van der Waals surface area (Å²) >= 11 is 1.81. The molecule has 2 aliphatic rings. The molecule has 4 rings (SSSR count). The van der Waals surface area contributed by atoms with Gasteiger partial charge in [-0.15, -0.1) is 11.8 Å². The molecule has 1 spiro atoms. The summed E-state index contributed by atoms with van der Waals surface area (Å²) in [6, 6.07) is 8.66. The van der Waals surface area contributed by atoms with Gasteiger partial charge in [-0.3, -0.25) is 9.78 Å². The van der Waals surface area contributed by atoms with E-state index in [2.05, 4.69) is 4.98 Å². The van der Waals surface area contributed by atoms with Crippen LogP contribution in [0, 0.1) is 11.6 Å². The number of pyridine rings is 1. The SMILES string of the molecule is O=C(c1cc(F)cc(F)c1)N1CC2(CC(OCc3ccccn3)CS2)C1. The van der Waals surface area contributed by atoms with E-state index in [1.165, 1.54) is 0 Å². The van der Waals surface area contributed by atoms with Gasteiger partial charge < -0.3 is 9.64 Å². The van der Waals surface area contributed by atoms with Crippen molar-refractivity contribution in [2.24, 2.45) is 0 Å². The first kappa shape index (κ1) is 17.4. The summed E-state index contributed by atoms with van der Waals surface area (Å²) in [5, 5.41) is 0. The van der Waals surface area contributed by atoms with E-state index in [9.17, 15) is 13.6 Å². The zero-order valence-electron chi connectivity index (χ0n) is 14.0. The molecule has 1 atom stereocenters. The maximum Gasteiger partial charge on any atom is 0.254 e. The molecule has 1 aromatic carbocycles. The first-order chi connectivity index (χ1) is 12.5. The average Bonchev–Trinajstić information content (AvgIpc) is 3.03. The van der Waals surface area contributed by atoms with Crippen LogP contribution in [-0.2, 0) is 11.3 Å². The van der Waals surface area contributed by atoms with Crippen LogP contribution < -0.4 is 0 Å². The molecule has 0 radical (unpaired) electrons. The fourth-order valence-corrected chi connectivity index (χ4v) is 5.02. The van der Waals surface area contributed by atoms with Crippen LogP contribution in [0.25, 0.3) is 0 Å². The van der Waals surface area contributed by atoms with Crippen molar-refractivity contribution in [3.05, 3.63) is 65.5 Å². The van der Waals surface area contributed by atoms with Gasteiger partial charge in [-0.25, -0.2) is 8.78 Å². The summed E-state index contributed by atoms with van der Waals surface area (Å²) in [4.78, 5) is 18.3. The third-order valence-corrected chi connectivity index (χ3v) is 6.30. The quantitative estimate of drug-likeness (QED) is 0.821. The predicted octanol–water partition coefficient (Wildman–Crippen LogP) is 3.28. The zero-order chi connectivity index (χ0) is 18.1. The zero-order valence-corrected chi connectivity index (χ0v) is 14.8. The Hall–Kier alpha value is -1.99. The van der Waals surface area contributed by atoms with E-state index in [1.807, 2.05) is 30.0 Å². The fourth-order valence-electron chi connectivity index (χ4n) is 3.47. The Balaban J connectivity index is 1.30. The Labute approximate surface area is 154 Å². The maximum absolute atomic E-state index is 13.3. The number of rotatable bonds is 4. The van der Waals surface area contributed by atoms with Gasteiger partial charge in [0.05, 0.1) is 23.2 Å². The summed E-state index contributed by atoms with van der Waals surface area (Å²) < 4.78 is 32.6. The maximum atomic E-state index is 13.3. The van der Waals surface area contributed by atoms with Crippen LogP contribution in [0.5, 0.6) is 0 Å². The molecule has 3 heterocycles. The number of hydrogen-bond acceptors (Lipinski definition) is 4. The largest absolute Gasteiger partial charge is 0.371 e. The number of carbonyl (C=O) groups is 1. The minimum absolute atomic E-state index is 0.00366. The minimum Gasteiger partial charge on any atom is -0.371 e. The topological polar surface area (TPSA) is 42.4 Å². The van der Waals surface area contributed by atoms with Gasteiger partial charge in [-0.2, -0.15) is 0 Å². The van der Waals surface area contributed by atoms with E-state index in [0.717, 1.165) is 36.1 Å². The summed E-state index contributed by atoms with van der Waals surface area (Å²) in [6.45, 7) is 1.64. The van der Waals surface area contributed by atoms with E-state index in [4.69, 9.17) is 4.74 Å². The number of ether oxygens (including phenoxy) is 1. The van der Waals surface area contributed by atoms with Crippen molar-refractivity contribution in [2.45, 2.75) is 23.9 Å². The van der Waals surface area contributed by atoms with Crippen molar-refractivity contribution in [3.8, 4) is 0 Å². The molecule has 7 heteroatoms. The lowest BCUT2D eigenvalue weighted by atomic mass is 9.92. The van der Waals surface area contributed by atoms with E-state index in [0.29, 0.717) is 19.7 Å². The van der Waals surface area contributed by atoms with Crippen LogP contribution in [0.15, 0.2) is 42.6 Å². The molecule has 2 saturated heterocycles. The van der Waals surface area contributed by atoms with Crippen LogP contribution in [0.2, 0.25) is 0 Å². The van der Waals surface area contributed by atoms with E-state index in [-0.39, 0.29) is 22.3 Å². The summed E-state index contributed by atoms with van der Waals surface area (Å²) in [6.07, 6.45) is 2.74. The van der Waals surface area contributed by atoms with E-state index < -0.39 is 11.6 Å². The Morgan fingerprint density at radius 1 is 1.27 bits per heavy atom. The Morgan fingerprint density at radius 3 is 2.73 bits per heavy atom. The lowest BCUT2D eigenvalue weighted by Crippen LogP contribution is -2.60. The third-order valence-electron chi connectivity index (χ3n) is 4.72. The van der Waals surface area contributed by atoms with Crippen LogP contribution in [0.3, 0.4) is 0 Å². The third kappa shape index (κ3) is 3.59. The number of hydrogen-bond donors (Lipinski definition) is 0. The lowest BCUT2D eigenvalue weighted by molar-refractivity contribution is 0.0245. The minimum atomic E-state index is -0.734. The standard InChI is InChI=1S/C19H18F2N2O2S/c20-14-5-13(6-15(21)7-14)18(24)23-11-19(12-23)8-17(10-26-19)25-9-16-3-1-2-4-22-16/h1-7,17H,8-12H2. The second kappa shape index (κ2) is 6.96. The number of halogens is 2. The van der Waals surface area contributed by atoms with Crippen molar-refractivity contribution < 1.29 is 18.3 Å². The number of aromatic nitrogens is 1. The van der Waals surface area contributed by atoms with E-state index in [1.54, 1.807) is 11.1 Å². The molecule has 0 N–H and O–H groups in total. The Bertz CT molecular complexity index is 792. The summed E-state index contributed by atoms with van der Waals surface area (Å²) in [5.41, 5.74) is 0.959. The van der Waals surface area contributed by atoms with Crippen molar-refractivity contribution in [1.29, 1.82) is 0 Å². The molecule has 136 valence electrons. The Morgan fingerprint density at radius 2 is 2.04 bits per heavy atom. The summed E-state index contributed by atoms with van der Waals surface area (Å²) in [5.74, 6) is -0.917. The highest BCUT2D eigenvalue weighted by molar-refractivity contribution is 8.01. The van der Waals surface area contributed by atoms with Gasteiger partial charge in [0.2, 0.25) is 0 Å². The van der Waals surface area contributed by atoms with Gasteiger partial charge in [-0.05, 0) is 30.7 Å². The number of carbonyl (C=O) groups excluding carboxylic acids is 1. The fraction of sp³-hybridized carbons (Fsp3) is 0.368. The smallest absolute Gasteiger partial charge is 0.254 e. The van der Waals surface area contributed by atoms with Crippen molar-refractivity contribution in [1.82, 2.24) is 9.88 Å². The molecule has 1 aromatic heterocycles. The molecule has 0 bridgehead atoms. The normalized spacial score (nSPS) is 21.0. The van der Waals surface area contributed by atoms with Crippen molar-refractivity contribution in [2.75, 3.05) is 18.8 Å². The molecular weight excluding hydrogens is 358 g/mol. The van der Waals surface area contributed by atoms with Gasteiger partial charge in [0, 0.05) is 36.7 Å². The predicted molar refractivity (Wildman–Crippen MR) is 94.9 cm³/mol. The number of thioether (sulfide) groups is 1. The van der Waals surface area contributed by atoms with Gasteiger partial charge in [0.25, 0.3) is 5.91 Å². The van der Waals surface area contributed by atoms with Crippen LogP contribution in [0.1, 0.15) is 22.5 Å². The van der Waals surface area contributed by atoms with Gasteiger partial charge in [0.15, 0.2) is 0 Å². The average molecular weight is 376 g/mol. The highest BCUT2D eigenvalue weighted by Gasteiger charge is 2.51. The molecule has 2 aromatic rings.